The first-order chi connectivity index (χ1) is 9.29. The number of rotatable bonds is 8. The smallest absolute Gasteiger partial charge is 0.203 e. The van der Waals surface area contributed by atoms with E-state index in [9.17, 15) is 0 Å². The molecule has 0 aliphatic carbocycles. The summed E-state index contributed by atoms with van der Waals surface area (Å²) in [6, 6.07) is 0. The van der Waals surface area contributed by atoms with Crippen LogP contribution in [0.4, 0.5) is 5.95 Å². The Kier molecular flexibility index (Phi) is 4.97. The molecule has 6 heteroatoms. The first kappa shape index (κ1) is 13.6. The maximum atomic E-state index is 5.34. The van der Waals surface area contributed by atoms with E-state index in [4.69, 9.17) is 4.74 Å². The van der Waals surface area contributed by atoms with Gasteiger partial charge in [-0.3, -0.25) is 4.68 Å². The van der Waals surface area contributed by atoms with Crippen LogP contribution in [0.5, 0.6) is 0 Å². The SMILES string of the molecule is CCOCCCn1ccnc1NCc1cnn(C)c1. The van der Waals surface area contributed by atoms with Crippen molar-refractivity contribution in [2.24, 2.45) is 7.05 Å². The quantitative estimate of drug-likeness (QED) is 0.736. The summed E-state index contributed by atoms with van der Waals surface area (Å²) < 4.78 is 9.24. The number of imidazole rings is 1. The van der Waals surface area contributed by atoms with Crippen LogP contribution in [0.1, 0.15) is 18.9 Å². The van der Waals surface area contributed by atoms with Crippen LogP contribution >= 0.6 is 0 Å². The van der Waals surface area contributed by atoms with Crippen LogP contribution < -0.4 is 5.32 Å². The van der Waals surface area contributed by atoms with Gasteiger partial charge in [-0.25, -0.2) is 4.98 Å². The van der Waals surface area contributed by atoms with Crippen molar-refractivity contribution in [2.45, 2.75) is 26.4 Å². The van der Waals surface area contributed by atoms with E-state index in [1.807, 2.05) is 38.8 Å². The van der Waals surface area contributed by atoms with Gasteiger partial charge in [0.05, 0.1) is 6.20 Å². The molecule has 0 fully saturated rings. The van der Waals surface area contributed by atoms with Crippen molar-refractivity contribution in [3.05, 3.63) is 30.4 Å². The van der Waals surface area contributed by atoms with Crippen LogP contribution in [0.15, 0.2) is 24.8 Å². The number of ether oxygens (including phenoxy) is 1. The molecule has 0 radical (unpaired) electrons. The Hall–Kier alpha value is -1.82. The molecular formula is C13H21N5O. The molecular weight excluding hydrogens is 242 g/mol. The first-order valence-electron chi connectivity index (χ1n) is 6.60. The third kappa shape index (κ3) is 4.10. The summed E-state index contributed by atoms with van der Waals surface area (Å²) in [7, 11) is 1.91. The van der Waals surface area contributed by atoms with Crippen LogP contribution in [-0.4, -0.2) is 32.5 Å². The molecule has 1 N–H and O–H groups in total. The lowest BCUT2D eigenvalue weighted by Crippen LogP contribution is -2.08. The average molecular weight is 263 g/mol. The van der Waals surface area contributed by atoms with Crippen molar-refractivity contribution < 1.29 is 4.74 Å². The lowest BCUT2D eigenvalue weighted by molar-refractivity contribution is 0.142. The molecule has 2 aromatic heterocycles. The summed E-state index contributed by atoms with van der Waals surface area (Å²) in [6.45, 7) is 5.22. The van der Waals surface area contributed by atoms with Crippen LogP contribution in [0.25, 0.3) is 0 Å². The van der Waals surface area contributed by atoms with E-state index in [0.717, 1.165) is 44.2 Å². The lowest BCUT2D eigenvalue weighted by Gasteiger charge is -2.09. The minimum atomic E-state index is 0.732. The molecule has 6 nitrogen and oxygen atoms in total. The van der Waals surface area contributed by atoms with E-state index in [2.05, 4.69) is 20.0 Å². The number of anilines is 1. The van der Waals surface area contributed by atoms with Crippen LogP contribution in [0.3, 0.4) is 0 Å². The number of hydrogen-bond donors (Lipinski definition) is 1. The molecule has 2 aromatic rings. The molecule has 2 heterocycles. The second-order valence-electron chi connectivity index (χ2n) is 4.37. The molecule has 0 saturated heterocycles. The van der Waals surface area contributed by atoms with Crippen molar-refractivity contribution in [1.82, 2.24) is 19.3 Å². The van der Waals surface area contributed by atoms with E-state index in [0.29, 0.717) is 0 Å². The highest BCUT2D eigenvalue weighted by Crippen LogP contribution is 2.08. The standard InChI is InChI=1S/C13H21N5O/c1-3-19-8-4-6-18-7-5-14-13(18)15-9-12-10-16-17(2)11-12/h5,7,10-11H,3-4,6,8-9H2,1-2H3,(H,14,15). The maximum absolute atomic E-state index is 5.34. The summed E-state index contributed by atoms with van der Waals surface area (Å²) in [5.41, 5.74) is 1.14. The summed E-state index contributed by atoms with van der Waals surface area (Å²) in [6.07, 6.45) is 8.64. The van der Waals surface area contributed by atoms with Gasteiger partial charge in [-0.05, 0) is 13.3 Å². The minimum absolute atomic E-state index is 0.732. The third-order valence-electron chi connectivity index (χ3n) is 2.82. The van der Waals surface area contributed by atoms with E-state index in [-0.39, 0.29) is 0 Å². The van der Waals surface area contributed by atoms with Crippen molar-refractivity contribution in [2.75, 3.05) is 18.5 Å². The van der Waals surface area contributed by atoms with Crippen molar-refractivity contribution in [3.63, 3.8) is 0 Å². The Morgan fingerprint density at radius 2 is 2.32 bits per heavy atom. The molecule has 0 atom stereocenters. The Balaban J connectivity index is 1.81. The summed E-state index contributed by atoms with van der Waals surface area (Å²) in [4.78, 5) is 4.32. The van der Waals surface area contributed by atoms with E-state index < -0.39 is 0 Å². The number of hydrogen-bond acceptors (Lipinski definition) is 4. The topological polar surface area (TPSA) is 56.9 Å². The molecule has 0 aromatic carbocycles. The highest BCUT2D eigenvalue weighted by Gasteiger charge is 2.03. The van der Waals surface area contributed by atoms with Gasteiger partial charge in [-0.1, -0.05) is 0 Å². The number of nitrogens with one attached hydrogen (secondary N) is 1. The summed E-state index contributed by atoms with van der Waals surface area (Å²) >= 11 is 0. The molecule has 104 valence electrons. The van der Waals surface area contributed by atoms with Gasteiger partial charge in [0.15, 0.2) is 0 Å². The fraction of sp³-hybridized carbons (Fsp3) is 0.538. The largest absolute Gasteiger partial charge is 0.382 e. The molecule has 0 unspecified atom stereocenters. The highest BCUT2D eigenvalue weighted by atomic mass is 16.5. The Bertz CT molecular complexity index is 491. The highest BCUT2D eigenvalue weighted by molar-refractivity contribution is 5.27. The second-order valence-corrected chi connectivity index (χ2v) is 4.37. The molecule has 0 saturated carbocycles. The summed E-state index contributed by atoms with van der Waals surface area (Å²) in [5, 5.41) is 7.46. The fourth-order valence-corrected chi connectivity index (χ4v) is 1.88. The van der Waals surface area contributed by atoms with Crippen LogP contribution in [0.2, 0.25) is 0 Å². The minimum Gasteiger partial charge on any atom is -0.382 e. The molecule has 2 rings (SSSR count). The zero-order valence-corrected chi connectivity index (χ0v) is 11.5. The zero-order valence-electron chi connectivity index (χ0n) is 11.5. The van der Waals surface area contributed by atoms with Crippen molar-refractivity contribution in [3.8, 4) is 0 Å². The van der Waals surface area contributed by atoms with Gasteiger partial charge in [-0.15, -0.1) is 0 Å². The predicted octanol–water partition coefficient (Wildman–Crippen LogP) is 1.66. The zero-order chi connectivity index (χ0) is 13.5. The normalized spacial score (nSPS) is 10.8. The molecule has 0 amide bonds. The Morgan fingerprint density at radius 3 is 3.05 bits per heavy atom. The van der Waals surface area contributed by atoms with Gasteiger partial charge in [0.1, 0.15) is 0 Å². The van der Waals surface area contributed by atoms with Crippen molar-refractivity contribution in [1.29, 1.82) is 0 Å². The van der Waals surface area contributed by atoms with Gasteiger partial charge < -0.3 is 14.6 Å². The fourth-order valence-electron chi connectivity index (χ4n) is 1.88. The van der Waals surface area contributed by atoms with Gasteiger partial charge >= 0.3 is 0 Å². The van der Waals surface area contributed by atoms with Gasteiger partial charge in [-0.2, -0.15) is 5.10 Å². The molecule has 0 spiro atoms. The van der Waals surface area contributed by atoms with Gasteiger partial charge in [0, 0.05) is 57.5 Å². The molecule has 0 aliphatic heterocycles. The van der Waals surface area contributed by atoms with E-state index in [1.54, 1.807) is 4.68 Å². The number of nitrogens with zero attached hydrogens (tertiary/aromatic N) is 4. The van der Waals surface area contributed by atoms with E-state index in [1.165, 1.54) is 0 Å². The molecule has 19 heavy (non-hydrogen) atoms. The number of aryl methyl sites for hydroxylation is 2. The summed E-state index contributed by atoms with van der Waals surface area (Å²) in [5.74, 6) is 0.889. The first-order valence-corrected chi connectivity index (χ1v) is 6.60. The number of aromatic nitrogens is 4. The van der Waals surface area contributed by atoms with E-state index >= 15 is 0 Å². The monoisotopic (exact) mass is 263 g/mol. The van der Waals surface area contributed by atoms with Crippen LogP contribution in [-0.2, 0) is 24.9 Å². The Morgan fingerprint density at radius 1 is 1.42 bits per heavy atom. The Labute approximate surface area is 113 Å². The van der Waals surface area contributed by atoms with Gasteiger partial charge in [0.2, 0.25) is 5.95 Å². The van der Waals surface area contributed by atoms with Gasteiger partial charge in [0.25, 0.3) is 0 Å². The van der Waals surface area contributed by atoms with Crippen molar-refractivity contribution >= 4 is 5.95 Å². The van der Waals surface area contributed by atoms with Crippen LogP contribution in [0, 0.1) is 0 Å². The predicted molar refractivity (Wildman–Crippen MR) is 73.9 cm³/mol. The third-order valence-corrected chi connectivity index (χ3v) is 2.82. The lowest BCUT2D eigenvalue weighted by atomic mass is 10.4. The second kappa shape index (κ2) is 6.94. The molecule has 0 aliphatic rings. The molecule has 0 bridgehead atoms. The maximum Gasteiger partial charge on any atom is 0.203 e. The average Bonchev–Trinajstić information content (AvgIpc) is 3.01.